The summed E-state index contributed by atoms with van der Waals surface area (Å²) >= 11 is 0. The third-order valence-electron chi connectivity index (χ3n) is 5.68. The second kappa shape index (κ2) is 13.0. The van der Waals surface area contributed by atoms with Crippen molar-refractivity contribution < 1.29 is 19.8 Å². The van der Waals surface area contributed by atoms with E-state index in [1.807, 2.05) is 65.0 Å². The lowest BCUT2D eigenvalue weighted by Crippen LogP contribution is -2.55. The van der Waals surface area contributed by atoms with Crippen LogP contribution in [0.4, 0.5) is 0 Å². The van der Waals surface area contributed by atoms with E-state index < -0.39 is 11.6 Å². The molecule has 5 N–H and O–H groups in total. The first kappa shape index (κ1) is 29.5. The quantitative estimate of drug-likeness (QED) is 0.371. The first-order valence-corrected chi connectivity index (χ1v) is 12.4. The standard InChI is InChI=1S/C22H28N2O2.C8H11NO2/c1-7-17-8-10-18(11-9-17)20(25)23-24(22(4,5)6)21(26)19-13-15(2)12-16(3)14-19;9-5-8(11)6-1-3-7(10)4-2-6/h8-14H,7H2,1-6H3,(H,23,25);1-4,8,10-11H,5,9H2. The van der Waals surface area contributed by atoms with E-state index in [4.69, 9.17) is 10.8 Å². The molecule has 0 bridgehead atoms. The molecule has 0 fully saturated rings. The average molecular weight is 506 g/mol. The number of nitrogens with one attached hydrogen (secondary N) is 1. The predicted octanol–water partition coefficient (Wildman–Crippen LogP) is 4.84. The van der Waals surface area contributed by atoms with Crippen LogP contribution in [-0.2, 0) is 6.42 Å². The number of aryl methyl sites for hydroxylation is 3. The molecule has 7 nitrogen and oxygen atoms in total. The second-order valence-corrected chi connectivity index (χ2v) is 10.0. The van der Waals surface area contributed by atoms with Gasteiger partial charge in [-0.25, -0.2) is 5.01 Å². The Balaban J connectivity index is 0.000000364. The van der Waals surface area contributed by atoms with Crippen molar-refractivity contribution in [3.05, 3.63) is 100 Å². The fourth-order valence-corrected chi connectivity index (χ4v) is 3.64. The van der Waals surface area contributed by atoms with Crippen LogP contribution in [0.25, 0.3) is 0 Å². The number of hydrogen-bond acceptors (Lipinski definition) is 5. The summed E-state index contributed by atoms with van der Waals surface area (Å²) in [6.45, 7) is 11.9. The van der Waals surface area contributed by atoms with Crippen LogP contribution in [0, 0.1) is 13.8 Å². The molecule has 1 atom stereocenters. The second-order valence-electron chi connectivity index (χ2n) is 10.0. The Labute approximate surface area is 219 Å². The molecule has 0 aliphatic rings. The van der Waals surface area contributed by atoms with Crippen LogP contribution in [0.3, 0.4) is 0 Å². The normalized spacial score (nSPS) is 11.7. The number of rotatable bonds is 5. The van der Waals surface area contributed by atoms with Gasteiger partial charge in [-0.1, -0.05) is 48.4 Å². The van der Waals surface area contributed by atoms with Crippen LogP contribution in [0.5, 0.6) is 5.75 Å². The monoisotopic (exact) mass is 505 g/mol. The molecule has 0 saturated heterocycles. The lowest BCUT2D eigenvalue weighted by molar-refractivity contribution is 0.0358. The Kier molecular flexibility index (Phi) is 10.4. The fraction of sp³-hybridized carbons (Fsp3) is 0.333. The van der Waals surface area contributed by atoms with Crippen LogP contribution in [0.2, 0.25) is 0 Å². The Bertz CT molecular complexity index is 1160. The van der Waals surface area contributed by atoms with Gasteiger partial charge in [0.2, 0.25) is 0 Å². The zero-order valence-corrected chi connectivity index (χ0v) is 22.6. The molecule has 198 valence electrons. The minimum atomic E-state index is -0.629. The number of amides is 2. The highest BCUT2D eigenvalue weighted by Gasteiger charge is 2.29. The minimum absolute atomic E-state index is 0.193. The molecule has 0 aliphatic heterocycles. The van der Waals surface area contributed by atoms with Crippen molar-refractivity contribution in [1.82, 2.24) is 10.4 Å². The first-order chi connectivity index (χ1) is 17.3. The van der Waals surface area contributed by atoms with E-state index in [1.54, 1.807) is 24.3 Å². The largest absolute Gasteiger partial charge is 0.508 e. The number of carbonyl (C=O) groups is 2. The minimum Gasteiger partial charge on any atom is -0.508 e. The maximum Gasteiger partial charge on any atom is 0.272 e. The number of phenolic OH excluding ortho intramolecular Hbond substituents is 1. The van der Waals surface area contributed by atoms with Gasteiger partial charge in [-0.15, -0.1) is 0 Å². The number of aromatic hydroxyl groups is 1. The van der Waals surface area contributed by atoms with Gasteiger partial charge in [0.25, 0.3) is 11.8 Å². The van der Waals surface area contributed by atoms with E-state index in [1.165, 1.54) is 22.7 Å². The summed E-state index contributed by atoms with van der Waals surface area (Å²) in [6.07, 6.45) is 0.289. The van der Waals surface area contributed by atoms with Crippen LogP contribution in [0.15, 0.2) is 66.7 Å². The molecule has 37 heavy (non-hydrogen) atoms. The van der Waals surface area contributed by atoms with Gasteiger partial charge in [0, 0.05) is 17.7 Å². The number of nitrogens with two attached hydrogens (primary N) is 1. The third kappa shape index (κ3) is 8.74. The Morgan fingerprint density at radius 1 is 0.919 bits per heavy atom. The molecule has 0 heterocycles. The number of benzene rings is 3. The van der Waals surface area contributed by atoms with E-state index in [0.717, 1.165) is 23.1 Å². The fourth-order valence-electron chi connectivity index (χ4n) is 3.64. The molecule has 0 spiro atoms. The number of nitrogens with zero attached hydrogens (tertiary/aromatic N) is 1. The predicted molar refractivity (Wildman–Crippen MR) is 147 cm³/mol. The van der Waals surface area contributed by atoms with Crippen LogP contribution < -0.4 is 11.2 Å². The number of aliphatic hydroxyl groups excluding tert-OH is 1. The van der Waals surface area contributed by atoms with E-state index in [9.17, 15) is 14.7 Å². The van der Waals surface area contributed by atoms with E-state index >= 15 is 0 Å². The van der Waals surface area contributed by atoms with Gasteiger partial charge in [-0.2, -0.15) is 0 Å². The van der Waals surface area contributed by atoms with Crippen molar-refractivity contribution in [1.29, 1.82) is 0 Å². The Hall–Kier alpha value is -3.68. The molecule has 0 radical (unpaired) electrons. The van der Waals surface area contributed by atoms with E-state index in [-0.39, 0.29) is 24.1 Å². The highest BCUT2D eigenvalue weighted by atomic mass is 16.3. The van der Waals surface area contributed by atoms with Gasteiger partial charge < -0.3 is 15.9 Å². The summed E-state index contributed by atoms with van der Waals surface area (Å²) in [5, 5.41) is 19.5. The molecular weight excluding hydrogens is 466 g/mol. The smallest absolute Gasteiger partial charge is 0.272 e. The molecule has 2 amide bonds. The van der Waals surface area contributed by atoms with Gasteiger partial charge in [-0.05, 0) is 88.6 Å². The van der Waals surface area contributed by atoms with Crippen molar-refractivity contribution in [3.63, 3.8) is 0 Å². The van der Waals surface area contributed by atoms with Crippen molar-refractivity contribution in [2.75, 3.05) is 6.54 Å². The Morgan fingerprint density at radius 3 is 1.92 bits per heavy atom. The lowest BCUT2D eigenvalue weighted by Gasteiger charge is -2.35. The summed E-state index contributed by atoms with van der Waals surface area (Å²) in [5.41, 5.74) is 12.5. The zero-order chi connectivity index (χ0) is 27.8. The molecule has 3 rings (SSSR count). The number of phenols is 1. The highest BCUT2D eigenvalue weighted by molar-refractivity contribution is 5.99. The summed E-state index contributed by atoms with van der Waals surface area (Å²) in [7, 11) is 0. The van der Waals surface area contributed by atoms with Crippen molar-refractivity contribution in [2.45, 2.75) is 59.6 Å². The van der Waals surface area contributed by atoms with E-state index in [0.29, 0.717) is 11.1 Å². The average Bonchev–Trinajstić information content (AvgIpc) is 2.86. The molecule has 0 saturated carbocycles. The molecule has 0 aliphatic carbocycles. The summed E-state index contributed by atoms with van der Waals surface area (Å²) in [6, 6.07) is 19.5. The maximum absolute atomic E-state index is 13.1. The maximum atomic E-state index is 13.1. The number of aliphatic hydroxyl groups is 1. The van der Waals surface area contributed by atoms with Gasteiger partial charge in [0.05, 0.1) is 11.6 Å². The summed E-state index contributed by atoms with van der Waals surface area (Å²) in [5.74, 6) is -0.318. The van der Waals surface area contributed by atoms with Gasteiger partial charge in [-0.3, -0.25) is 15.0 Å². The summed E-state index contributed by atoms with van der Waals surface area (Å²) in [4.78, 5) is 25.7. The van der Waals surface area contributed by atoms with E-state index in [2.05, 4.69) is 12.3 Å². The van der Waals surface area contributed by atoms with Crippen LogP contribution in [-0.4, -0.2) is 39.1 Å². The number of carbonyl (C=O) groups excluding carboxylic acids is 2. The van der Waals surface area contributed by atoms with Crippen LogP contribution in [0.1, 0.15) is 76.8 Å². The van der Waals surface area contributed by atoms with Crippen molar-refractivity contribution >= 4 is 11.8 Å². The molecule has 3 aromatic rings. The first-order valence-electron chi connectivity index (χ1n) is 12.4. The third-order valence-corrected chi connectivity index (χ3v) is 5.68. The molecule has 1 unspecified atom stereocenters. The number of hydrogen-bond donors (Lipinski definition) is 4. The van der Waals surface area contributed by atoms with Gasteiger partial charge in [0.15, 0.2) is 0 Å². The Morgan fingerprint density at radius 2 is 1.46 bits per heavy atom. The molecular formula is C30H39N3O4. The van der Waals surface area contributed by atoms with Gasteiger partial charge >= 0.3 is 0 Å². The molecule has 3 aromatic carbocycles. The van der Waals surface area contributed by atoms with Crippen molar-refractivity contribution in [2.24, 2.45) is 5.73 Å². The van der Waals surface area contributed by atoms with Gasteiger partial charge in [0.1, 0.15) is 5.75 Å². The topological polar surface area (TPSA) is 116 Å². The van der Waals surface area contributed by atoms with Crippen LogP contribution >= 0.6 is 0 Å². The lowest BCUT2D eigenvalue weighted by atomic mass is 10.0. The molecule has 0 aromatic heterocycles. The van der Waals surface area contributed by atoms with Crippen molar-refractivity contribution in [3.8, 4) is 5.75 Å². The SMILES string of the molecule is CCc1ccc(C(=O)NN(C(=O)c2cc(C)cc(C)c2)C(C)(C)C)cc1.NCC(O)c1ccc(O)cc1. The summed E-state index contributed by atoms with van der Waals surface area (Å²) < 4.78 is 0. The highest BCUT2D eigenvalue weighted by Crippen LogP contribution is 2.18. The molecule has 7 heteroatoms. The zero-order valence-electron chi connectivity index (χ0n) is 22.6. The number of hydrazine groups is 1.